The minimum absolute atomic E-state index is 0.305. The van der Waals surface area contributed by atoms with E-state index in [0.717, 1.165) is 47.4 Å². The molecule has 0 fully saturated rings. The lowest BCUT2D eigenvalue weighted by atomic mass is 10.0. The van der Waals surface area contributed by atoms with Crippen molar-refractivity contribution in [2.24, 2.45) is 0 Å². The summed E-state index contributed by atoms with van der Waals surface area (Å²) in [5.41, 5.74) is 4.07. The SMILES string of the molecule is CCCCc1nc2c(OC)ncnc2n1Cc1ccc(-c2ccccc2OC(=O)O)cc1. The van der Waals surface area contributed by atoms with Crippen LogP contribution >= 0.6 is 0 Å². The molecule has 0 aliphatic carbocycles. The number of ether oxygens (including phenoxy) is 2. The third-order valence-corrected chi connectivity index (χ3v) is 5.21. The number of carbonyl (C=O) groups is 1. The molecule has 2 aromatic heterocycles. The number of hydrogen-bond acceptors (Lipinski definition) is 6. The van der Waals surface area contributed by atoms with Crippen molar-refractivity contribution in [1.82, 2.24) is 19.5 Å². The highest BCUT2D eigenvalue weighted by molar-refractivity contribution is 5.77. The Morgan fingerprint density at radius 2 is 1.88 bits per heavy atom. The molecule has 0 aliphatic rings. The van der Waals surface area contributed by atoms with E-state index in [1.807, 2.05) is 36.4 Å². The summed E-state index contributed by atoms with van der Waals surface area (Å²) in [5, 5.41) is 8.99. The lowest BCUT2D eigenvalue weighted by molar-refractivity contribution is 0.144. The fourth-order valence-electron chi connectivity index (χ4n) is 3.66. The van der Waals surface area contributed by atoms with Gasteiger partial charge >= 0.3 is 6.16 Å². The Morgan fingerprint density at radius 1 is 1.09 bits per heavy atom. The summed E-state index contributed by atoms with van der Waals surface area (Å²) in [5.74, 6) is 1.72. The molecule has 0 amide bonds. The fourth-order valence-corrected chi connectivity index (χ4v) is 3.66. The van der Waals surface area contributed by atoms with E-state index in [1.54, 1.807) is 19.2 Å². The molecule has 0 saturated carbocycles. The van der Waals surface area contributed by atoms with Gasteiger partial charge in [-0.25, -0.2) is 14.8 Å². The zero-order valence-corrected chi connectivity index (χ0v) is 18.0. The van der Waals surface area contributed by atoms with Crippen LogP contribution in [-0.4, -0.2) is 37.9 Å². The van der Waals surface area contributed by atoms with Crippen LogP contribution in [0.25, 0.3) is 22.3 Å². The van der Waals surface area contributed by atoms with Gasteiger partial charge in [-0.3, -0.25) is 0 Å². The Labute approximate surface area is 185 Å². The predicted octanol–water partition coefficient (Wildman–Crippen LogP) is 4.95. The van der Waals surface area contributed by atoms with Crippen molar-refractivity contribution in [2.75, 3.05) is 7.11 Å². The average Bonchev–Trinajstić information content (AvgIpc) is 3.15. The second-order valence-electron chi connectivity index (χ2n) is 7.33. The summed E-state index contributed by atoms with van der Waals surface area (Å²) in [4.78, 5) is 24.4. The van der Waals surface area contributed by atoms with E-state index in [9.17, 15) is 4.79 Å². The van der Waals surface area contributed by atoms with E-state index < -0.39 is 6.16 Å². The number of aromatic nitrogens is 4. The van der Waals surface area contributed by atoms with Crippen molar-refractivity contribution in [2.45, 2.75) is 32.7 Å². The van der Waals surface area contributed by atoms with Gasteiger partial charge in [0.1, 0.15) is 17.9 Å². The molecule has 164 valence electrons. The number of aryl methyl sites for hydroxylation is 1. The van der Waals surface area contributed by atoms with Crippen molar-refractivity contribution in [3.05, 3.63) is 66.2 Å². The van der Waals surface area contributed by atoms with E-state index in [4.69, 9.17) is 19.6 Å². The van der Waals surface area contributed by atoms with Gasteiger partial charge in [0.05, 0.1) is 13.7 Å². The van der Waals surface area contributed by atoms with Crippen LogP contribution in [0.3, 0.4) is 0 Å². The molecule has 0 atom stereocenters. The van der Waals surface area contributed by atoms with Crippen molar-refractivity contribution < 1.29 is 19.4 Å². The van der Waals surface area contributed by atoms with Gasteiger partial charge in [-0.2, -0.15) is 4.98 Å². The van der Waals surface area contributed by atoms with E-state index in [2.05, 4.69) is 21.5 Å². The number of fused-ring (bicyclic) bond motifs is 1. The molecular formula is C24H24N4O4. The molecule has 8 nitrogen and oxygen atoms in total. The van der Waals surface area contributed by atoms with Crippen molar-refractivity contribution in [3.63, 3.8) is 0 Å². The van der Waals surface area contributed by atoms with Gasteiger partial charge < -0.3 is 19.1 Å². The fraction of sp³-hybridized carbons (Fsp3) is 0.250. The molecule has 4 rings (SSSR count). The largest absolute Gasteiger partial charge is 0.511 e. The number of rotatable bonds is 8. The van der Waals surface area contributed by atoms with Gasteiger partial charge in [-0.05, 0) is 23.6 Å². The highest BCUT2D eigenvalue weighted by atomic mass is 16.7. The number of carboxylic acid groups (broad SMARTS) is 1. The van der Waals surface area contributed by atoms with Crippen LogP contribution < -0.4 is 9.47 Å². The van der Waals surface area contributed by atoms with Gasteiger partial charge in [0, 0.05) is 12.0 Å². The number of benzene rings is 2. The Bertz CT molecular complexity index is 1230. The lowest BCUT2D eigenvalue weighted by Crippen LogP contribution is -2.06. The van der Waals surface area contributed by atoms with Crippen LogP contribution in [0.5, 0.6) is 11.6 Å². The molecule has 2 heterocycles. The number of para-hydroxylation sites is 1. The van der Waals surface area contributed by atoms with Crippen molar-refractivity contribution >= 4 is 17.3 Å². The van der Waals surface area contributed by atoms with Crippen molar-refractivity contribution in [1.29, 1.82) is 0 Å². The minimum atomic E-state index is -1.34. The molecule has 0 unspecified atom stereocenters. The molecule has 0 bridgehead atoms. The first-order valence-electron chi connectivity index (χ1n) is 10.4. The monoisotopic (exact) mass is 432 g/mol. The van der Waals surface area contributed by atoms with E-state index in [0.29, 0.717) is 23.7 Å². The summed E-state index contributed by atoms with van der Waals surface area (Å²) in [6.07, 6.45) is 3.09. The van der Waals surface area contributed by atoms with E-state index in [1.165, 1.54) is 6.33 Å². The third-order valence-electron chi connectivity index (χ3n) is 5.21. The van der Waals surface area contributed by atoms with Crippen LogP contribution in [0.2, 0.25) is 0 Å². The zero-order valence-electron chi connectivity index (χ0n) is 18.0. The maximum Gasteiger partial charge on any atom is 0.511 e. The lowest BCUT2D eigenvalue weighted by Gasteiger charge is -2.11. The Hall–Kier alpha value is -3.94. The zero-order chi connectivity index (χ0) is 22.5. The first kappa shape index (κ1) is 21.3. The Morgan fingerprint density at radius 3 is 2.59 bits per heavy atom. The smallest absolute Gasteiger partial charge is 0.479 e. The summed E-state index contributed by atoms with van der Waals surface area (Å²) < 4.78 is 12.4. The summed E-state index contributed by atoms with van der Waals surface area (Å²) in [7, 11) is 1.58. The molecule has 0 radical (unpaired) electrons. The van der Waals surface area contributed by atoms with E-state index >= 15 is 0 Å². The van der Waals surface area contributed by atoms with Crippen LogP contribution in [0.4, 0.5) is 4.79 Å². The van der Waals surface area contributed by atoms with Gasteiger partial charge in [0.2, 0.25) is 5.88 Å². The van der Waals surface area contributed by atoms with Gasteiger partial charge in [-0.1, -0.05) is 55.8 Å². The molecule has 2 aromatic carbocycles. The first-order valence-corrected chi connectivity index (χ1v) is 10.4. The summed E-state index contributed by atoms with van der Waals surface area (Å²) >= 11 is 0. The number of unbranched alkanes of at least 4 members (excludes halogenated alkanes) is 1. The first-order chi connectivity index (χ1) is 15.6. The third kappa shape index (κ3) is 4.39. The minimum Gasteiger partial charge on any atom is -0.479 e. The van der Waals surface area contributed by atoms with Crippen LogP contribution in [0.15, 0.2) is 54.9 Å². The number of methoxy groups -OCH3 is 1. The van der Waals surface area contributed by atoms with Crippen molar-refractivity contribution in [3.8, 4) is 22.8 Å². The maximum absolute atomic E-state index is 11.0. The molecule has 32 heavy (non-hydrogen) atoms. The van der Waals surface area contributed by atoms with Gasteiger partial charge in [-0.15, -0.1) is 0 Å². The molecule has 0 spiro atoms. The standard InChI is InChI=1S/C24H24N4O4/c1-3-4-9-20-27-21-22(25-15-26-23(21)31-2)28(20)14-16-10-12-17(13-11-16)18-7-5-6-8-19(18)32-24(29)30/h5-8,10-13,15H,3-4,9,14H2,1-2H3,(H,29,30). The molecule has 0 saturated heterocycles. The quantitative estimate of drug-likeness (QED) is 0.311. The Balaban J connectivity index is 1.66. The molecule has 1 N–H and O–H groups in total. The Kier molecular flexibility index (Phi) is 6.30. The highest BCUT2D eigenvalue weighted by Crippen LogP contribution is 2.30. The predicted molar refractivity (Wildman–Crippen MR) is 120 cm³/mol. The second kappa shape index (κ2) is 9.47. The summed E-state index contributed by atoms with van der Waals surface area (Å²) in [6, 6.07) is 15.0. The van der Waals surface area contributed by atoms with Crippen LogP contribution in [-0.2, 0) is 13.0 Å². The second-order valence-corrected chi connectivity index (χ2v) is 7.33. The molecular weight excluding hydrogens is 408 g/mol. The number of hydrogen-bond donors (Lipinski definition) is 1. The molecule has 4 aromatic rings. The molecule has 8 heteroatoms. The summed E-state index contributed by atoms with van der Waals surface area (Å²) in [6.45, 7) is 2.75. The maximum atomic E-state index is 11.0. The normalized spacial score (nSPS) is 10.9. The topological polar surface area (TPSA) is 99.4 Å². The van der Waals surface area contributed by atoms with Crippen LogP contribution in [0, 0.1) is 0 Å². The highest BCUT2D eigenvalue weighted by Gasteiger charge is 2.17. The van der Waals surface area contributed by atoms with E-state index in [-0.39, 0.29) is 0 Å². The van der Waals surface area contributed by atoms with Gasteiger partial charge in [0.15, 0.2) is 11.2 Å². The average molecular weight is 432 g/mol. The van der Waals surface area contributed by atoms with Crippen LogP contribution in [0.1, 0.15) is 31.2 Å². The number of imidazole rings is 1. The van der Waals surface area contributed by atoms with Gasteiger partial charge in [0.25, 0.3) is 0 Å². The molecule has 0 aliphatic heterocycles. The number of nitrogens with zero attached hydrogens (tertiary/aromatic N) is 4.